The number of Topliss-reactive ketones (excluding diaryl/α,β-unsaturated/α-hetero) is 4. The molecule has 10 amide bonds. The van der Waals surface area contributed by atoms with Crippen molar-refractivity contribution in [2.24, 2.45) is 29.6 Å². The highest BCUT2D eigenvalue weighted by Crippen LogP contribution is 2.24. The number of ketones is 4. The molecule has 134 heavy (non-hydrogen) atoms. The van der Waals surface area contributed by atoms with Gasteiger partial charge in [0.05, 0.1) is 112 Å². The number of hydrogen-bond acceptors (Lipinski definition) is 36. The minimum Gasteiger partial charge on any atom is -0.481 e. The molecule has 0 aliphatic carbocycles. The van der Waals surface area contributed by atoms with Crippen LogP contribution in [0.5, 0.6) is 0 Å². The van der Waals surface area contributed by atoms with E-state index in [1.165, 1.54) is 19.1 Å². The van der Waals surface area contributed by atoms with Crippen molar-refractivity contribution in [1.82, 2.24) is 53.2 Å². The van der Waals surface area contributed by atoms with Gasteiger partial charge in [-0.3, -0.25) is 91.1 Å². The topological polar surface area (TPSA) is 866 Å². The van der Waals surface area contributed by atoms with Crippen molar-refractivity contribution in [2.75, 3.05) is 51.0 Å². The summed E-state index contributed by atoms with van der Waals surface area (Å²) in [5, 5.41) is 219. The summed E-state index contributed by atoms with van der Waals surface area (Å²) in [5.74, 6) is -29.4. The summed E-state index contributed by atoms with van der Waals surface area (Å²) < 4.78 is 0. The predicted molar refractivity (Wildman–Crippen MR) is 463 cm³/mol. The lowest BCUT2D eigenvalue weighted by atomic mass is 9.89. The second-order valence-electron chi connectivity index (χ2n) is 31.3. The lowest BCUT2D eigenvalue weighted by Gasteiger charge is -2.27. The average molecular weight is 1950 g/mol. The van der Waals surface area contributed by atoms with Gasteiger partial charge in [-0.2, -0.15) is 25.3 Å². The van der Waals surface area contributed by atoms with E-state index in [4.69, 9.17) is 25.5 Å². The van der Waals surface area contributed by atoms with E-state index in [9.17, 15) is 172 Å². The number of carbonyl (C=O) groups is 20. The molecule has 0 saturated carbocycles. The quantitative estimate of drug-likeness (QED) is 0.0216. The number of rotatable bonds is 71. The second kappa shape index (κ2) is 64.6. The maximum Gasteiger partial charge on any atom is 0.327 e. The van der Waals surface area contributed by atoms with Crippen LogP contribution < -0.4 is 53.2 Å². The average Bonchev–Trinajstić information content (AvgIpc) is 0.866. The van der Waals surface area contributed by atoms with Crippen LogP contribution in [0.1, 0.15) is 132 Å². The van der Waals surface area contributed by atoms with Crippen LogP contribution in [0, 0.1) is 29.6 Å². The van der Waals surface area contributed by atoms with Gasteiger partial charge < -0.3 is 155 Å². The Balaban J connectivity index is 0.00000207. The maximum absolute atomic E-state index is 14.6. The molecule has 0 spiro atoms. The summed E-state index contributed by atoms with van der Waals surface area (Å²) in [5.41, 5.74) is 2.31. The van der Waals surface area contributed by atoms with E-state index in [0.29, 0.717) is 29.5 Å². The number of aliphatic hydroxyl groups excluding tert-OH is 14. The summed E-state index contributed by atoms with van der Waals surface area (Å²) in [6.07, 6.45) is -33.3. The van der Waals surface area contributed by atoms with Crippen molar-refractivity contribution in [2.45, 2.75) is 233 Å². The molecule has 30 N–H and O–H groups in total. The van der Waals surface area contributed by atoms with Gasteiger partial charge in [-0.05, 0) is 54.4 Å². The number of benzene rings is 2. The monoisotopic (exact) mass is 1950 g/mol. The van der Waals surface area contributed by atoms with Crippen LogP contribution in [0.4, 0.5) is 0 Å². The third-order valence-corrected chi connectivity index (χ3v) is 21.6. The summed E-state index contributed by atoms with van der Waals surface area (Å²) >= 11 is 7.76. The van der Waals surface area contributed by atoms with Crippen LogP contribution in [0.2, 0.25) is 0 Å². The van der Waals surface area contributed by atoms with E-state index >= 15 is 0 Å². The Hall–Kier alpha value is -11.2. The first-order valence-corrected chi connectivity index (χ1v) is 43.0. The Kier molecular flexibility index (Phi) is 58.3. The Morgan fingerprint density at radius 3 is 0.940 bits per heavy atom. The molecule has 0 aliphatic heterocycles. The molecule has 2 aromatic rings. The molecule has 0 bridgehead atoms. The molecular formula is C82H122N10O40S2. The zero-order valence-corrected chi connectivity index (χ0v) is 74.5. The molecule has 0 heterocycles. The smallest absolute Gasteiger partial charge is 0.327 e. The Morgan fingerprint density at radius 2 is 0.619 bits per heavy atom. The zero-order valence-electron chi connectivity index (χ0n) is 72.7. The van der Waals surface area contributed by atoms with Crippen molar-refractivity contribution in [1.29, 1.82) is 0 Å². The molecule has 50 nitrogen and oxygen atoms in total. The number of carbonyl (C=O) groups excluding carboxylic acids is 14. The summed E-state index contributed by atoms with van der Waals surface area (Å²) in [6.45, 7) is -3.44. The fourth-order valence-electron chi connectivity index (χ4n) is 12.6. The summed E-state index contributed by atoms with van der Waals surface area (Å²) in [6, 6.07) is 4.29. The number of aliphatic carboxylic acids is 6. The predicted octanol–water partition coefficient (Wildman–Crippen LogP) is -10.3. The molecule has 2 rings (SSSR count). The molecule has 0 aromatic heterocycles. The van der Waals surface area contributed by atoms with E-state index in [-0.39, 0.29) is 25.3 Å². The molecule has 752 valence electrons. The van der Waals surface area contributed by atoms with Crippen molar-refractivity contribution in [3.8, 4) is 0 Å². The van der Waals surface area contributed by atoms with Crippen molar-refractivity contribution in [3.63, 3.8) is 0 Å². The van der Waals surface area contributed by atoms with E-state index < -0.39 is 388 Å². The molecule has 0 saturated heterocycles. The fourth-order valence-corrected chi connectivity index (χ4v) is 13.1. The number of thiol groups is 2. The maximum atomic E-state index is 14.6. The normalized spacial score (nSPS) is 15.9. The van der Waals surface area contributed by atoms with Gasteiger partial charge in [-0.25, -0.2) is 4.79 Å². The van der Waals surface area contributed by atoms with Crippen molar-refractivity contribution < 1.29 is 198 Å². The van der Waals surface area contributed by atoms with Gasteiger partial charge in [0.2, 0.25) is 60.1 Å². The molecule has 0 unspecified atom stereocenters. The van der Waals surface area contributed by atoms with Crippen LogP contribution in [0.15, 0.2) is 48.5 Å². The van der Waals surface area contributed by atoms with Gasteiger partial charge in [-0.1, -0.05) is 55.5 Å². The van der Waals surface area contributed by atoms with Crippen LogP contribution in [0.3, 0.4) is 0 Å². The zero-order chi connectivity index (χ0) is 102. The number of carboxylic acid groups (broad SMARTS) is 6. The first kappa shape index (κ1) is 121. The Morgan fingerprint density at radius 1 is 0.313 bits per heavy atom. The number of nitrogens with one attached hydrogen (secondary N) is 10. The van der Waals surface area contributed by atoms with Crippen LogP contribution in [-0.2, 0) is 122 Å². The number of amides is 10. The van der Waals surface area contributed by atoms with E-state index in [0.717, 1.165) is 5.56 Å². The molecule has 0 radical (unpaired) electrons. The third kappa shape index (κ3) is 47.6. The van der Waals surface area contributed by atoms with Crippen LogP contribution in [0.25, 0.3) is 0 Å². The van der Waals surface area contributed by atoms with Crippen LogP contribution in [-0.4, -0.2) is 369 Å². The highest BCUT2D eigenvalue weighted by atomic mass is 32.1. The highest BCUT2D eigenvalue weighted by molar-refractivity contribution is 7.80. The fraction of sp³-hybridized carbons (Fsp3) is 0.610. The third-order valence-electron chi connectivity index (χ3n) is 20.8. The molecule has 52 heteroatoms. The summed E-state index contributed by atoms with van der Waals surface area (Å²) in [4.78, 5) is 253. The van der Waals surface area contributed by atoms with Gasteiger partial charge in [-0.15, -0.1) is 0 Å². The Bertz CT molecular complexity index is 4180. The van der Waals surface area contributed by atoms with Crippen molar-refractivity contribution >= 4 is 144 Å². The number of carboxylic acids is 6. The van der Waals surface area contributed by atoms with Gasteiger partial charge in [0.15, 0.2) is 23.1 Å². The minimum atomic E-state index is -2.17. The van der Waals surface area contributed by atoms with Gasteiger partial charge in [0, 0.05) is 120 Å². The molecule has 2 aromatic carbocycles. The lowest BCUT2D eigenvalue weighted by molar-refractivity contribution is -0.145. The van der Waals surface area contributed by atoms with Gasteiger partial charge in [0.25, 0.3) is 0 Å². The SMILES string of the molecule is C[C@@H]([C@H](O)[C@@H](O)CNC(=O)CC[C@H](NC(=O)[C@@H](CCC(=O)O)CC(=O)[C@H](CCC(=O)NC[C@H](O)[C@@H](O)[C@H](O)[C@H](O)CO)NC(=O)[C@@H](CCC(=O)O)CC(=O)[C@H](CCC(=O)NC[C@H](O)[C@@H](O)[C@H](O)[C@H](O)CO)NC(=O)Cc1ccc(CNC=O)cc1)C(=O)C[C@H](CS)C(=O)O)[C@H](O)CO.O=CNCc1ccc(CC(=O)N[C@H](CC(=O)O)C(=O)C[C@H](CC(=O)O)C(=O)N[C@H](CS)C(=O)O)cc1. The summed E-state index contributed by atoms with van der Waals surface area (Å²) in [7, 11) is 0. The first-order valence-electron chi connectivity index (χ1n) is 41.8. The Labute approximate surface area is 776 Å². The first-order chi connectivity index (χ1) is 63.0. The molecular weight excluding hydrogens is 1830 g/mol. The second-order valence-corrected chi connectivity index (χ2v) is 32.0. The number of hydrogen-bond donors (Lipinski definition) is 32. The van der Waals surface area contributed by atoms with Crippen LogP contribution >= 0.6 is 25.3 Å². The van der Waals surface area contributed by atoms with E-state index in [1.54, 1.807) is 36.4 Å². The number of aliphatic hydroxyl groups is 14. The van der Waals surface area contributed by atoms with Gasteiger partial charge >= 0.3 is 35.8 Å². The van der Waals surface area contributed by atoms with E-state index in [2.05, 4.69) is 78.4 Å². The van der Waals surface area contributed by atoms with E-state index in [1.807, 2.05) is 0 Å². The lowest BCUT2D eigenvalue weighted by Crippen LogP contribution is -2.50. The standard InChI is InChI=1S/C60H95N7O30S.C22H27N3O10S/c1-29(44(78)24-68)53(89)41(75)21-62-48(82)13-10-37(40(74)19-34(27-98)60(96)97)67-59(95)33(7-15-52(87)88)18-39(73)36(9-12-49(83)64-23-43(77)55(91)57(93)46(80)26-70)66-58(94)32(6-14-51(85)86)17-38(72)35(65-50(84)16-30-2-4-31(5-3-30)20-61-28-71)8-11-47(81)63-22-42(76)54(90)56(92)45(79)25-69;26-11-23-9-13-3-1-12(2-4-13)5-18(28)24-15(8-20(31)32)17(27)6-14(7-19(29)30)21(33)25-16(10-36)22(34)35/h2-5,28-29,32-37,41-46,53-57,68-70,75-80,89-93,98H,6-27H2,1H3,(H,61,71)(H,62,82)(H,63,81)(H,64,83)(H,65,84)(H,66,94)(H,67,95)(H,85,86)(H,87,88)(H,96,97);1-4,11,14-16,36H,5-10H2,(H,23,26)(H,24,28)(H,25,33)(H,29,30)(H,31,32)(H,34,35)/t29-,32+,33+,34-,35+,36+,37+,41+,42+,43+,44-,45-,46-,53+,54-,55-,56-,57-;14-,15-,16-/m11/s1. The highest BCUT2D eigenvalue weighted by Gasteiger charge is 2.39. The van der Waals surface area contributed by atoms with Gasteiger partial charge in [0.1, 0.15) is 42.7 Å². The molecule has 0 aliphatic rings. The molecule has 21 atom stereocenters. The largest absolute Gasteiger partial charge is 0.481 e. The minimum absolute atomic E-state index is 0.127. The molecule has 0 fully saturated rings. The van der Waals surface area contributed by atoms with Crippen molar-refractivity contribution in [3.05, 3.63) is 70.8 Å².